The highest BCUT2D eigenvalue weighted by Crippen LogP contribution is 2.19. The molecule has 0 spiro atoms. The second-order valence-electron chi connectivity index (χ2n) is 4.76. The number of hydrogen-bond donors (Lipinski definition) is 2. The van der Waals surface area contributed by atoms with Gasteiger partial charge in [-0.2, -0.15) is 0 Å². The summed E-state index contributed by atoms with van der Waals surface area (Å²) in [5.74, 6) is 1.61. The predicted octanol–water partition coefficient (Wildman–Crippen LogP) is 1.41. The van der Waals surface area contributed by atoms with Gasteiger partial charge in [-0.15, -0.1) is 0 Å². The Kier molecular flexibility index (Phi) is 2.74. The molecule has 2 aromatic rings. The van der Waals surface area contributed by atoms with Crippen LogP contribution < -0.4 is 5.32 Å². The molecule has 3 rings (SSSR count). The Bertz CT molecular complexity index is 663. The molecule has 0 radical (unpaired) electrons. The van der Waals surface area contributed by atoms with Gasteiger partial charge < -0.3 is 10.3 Å². The molecule has 0 bridgehead atoms. The minimum absolute atomic E-state index is 0.205. The van der Waals surface area contributed by atoms with E-state index in [0.717, 1.165) is 23.3 Å². The first-order valence-electron chi connectivity index (χ1n) is 6.01. The maximum atomic E-state index is 11.3. The van der Waals surface area contributed by atoms with Crippen LogP contribution in [0.1, 0.15) is 6.42 Å². The first-order valence-corrected chi connectivity index (χ1v) is 7.83. The molecule has 0 aromatic carbocycles. The van der Waals surface area contributed by atoms with E-state index in [9.17, 15) is 8.42 Å². The molecule has 1 unspecified atom stereocenters. The fourth-order valence-corrected chi connectivity index (χ4v) is 4.17. The largest absolute Gasteiger partial charge is 0.370 e. The molecule has 1 aliphatic heterocycles. The molecule has 1 aliphatic rings. The molecular weight excluding hydrogens is 250 g/mol. The van der Waals surface area contributed by atoms with Gasteiger partial charge in [0.15, 0.2) is 9.84 Å². The summed E-state index contributed by atoms with van der Waals surface area (Å²) in [6.45, 7) is 0.665. The number of nitrogens with zero attached hydrogens (tertiary/aromatic N) is 1. The SMILES string of the molecule is O=S1(=O)CCC(CNc2ccc3cc[nH]c3n2)C1. The lowest BCUT2D eigenvalue weighted by Gasteiger charge is -2.09. The van der Waals surface area contributed by atoms with Crippen molar-refractivity contribution in [2.45, 2.75) is 6.42 Å². The number of hydrogen-bond acceptors (Lipinski definition) is 4. The molecule has 2 N–H and O–H groups in total. The van der Waals surface area contributed by atoms with Crippen LogP contribution in [-0.4, -0.2) is 36.4 Å². The Labute approximate surface area is 106 Å². The van der Waals surface area contributed by atoms with Gasteiger partial charge in [-0.05, 0) is 30.5 Å². The van der Waals surface area contributed by atoms with Crippen LogP contribution in [0.3, 0.4) is 0 Å². The van der Waals surface area contributed by atoms with Crippen molar-refractivity contribution in [3.8, 4) is 0 Å². The van der Waals surface area contributed by atoms with Gasteiger partial charge in [0.25, 0.3) is 0 Å². The third kappa shape index (κ3) is 2.33. The molecular formula is C12H15N3O2S. The van der Waals surface area contributed by atoms with Crippen molar-refractivity contribution in [1.29, 1.82) is 0 Å². The standard InChI is InChI=1S/C12H15N3O2S/c16-18(17)6-4-9(8-18)7-14-11-2-1-10-3-5-13-12(10)15-11/h1-3,5,9H,4,6-8H2,(H2,13,14,15). The maximum absolute atomic E-state index is 11.3. The molecule has 1 fully saturated rings. The summed E-state index contributed by atoms with van der Waals surface area (Å²) in [7, 11) is -2.79. The summed E-state index contributed by atoms with van der Waals surface area (Å²) in [5.41, 5.74) is 0.846. The molecule has 3 heterocycles. The van der Waals surface area contributed by atoms with E-state index in [1.165, 1.54) is 0 Å². The van der Waals surface area contributed by atoms with Gasteiger partial charge in [-0.3, -0.25) is 0 Å². The summed E-state index contributed by atoms with van der Waals surface area (Å²) in [6, 6.07) is 5.88. The number of anilines is 1. The molecule has 2 aromatic heterocycles. The van der Waals surface area contributed by atoms with Gasteiger partial charge >= 0.3 is 0 Å². The van der Waals surface area contributed by atoms with E-state index in [-0.39, 0.29) is 5.92 Å². The summed E-state index contributed by atoms with van der Waals surface area (Å²) in [6.07, 6.45) is 2.60. The number of aromatic amines is 1. The third-order valence-corrected chi connectivity index (χ3v) is 5.14. The van der Waals surface area contributed by atoms with Crippen molar-refractivity contribution in [2.24, 2.45) is 5.92 Å². The number of H-pyrrole nitrogens is 1. The van der Waals surface area contributed by atoms with Crippen LogP contribution in [0.15, 0.2) is 24.4 Å². The van der Waals surface area contributed by atoms with E-state index in [0.29, 0.717) is 18.1 Å². The fraction of sp³-hybridized carbons (Fsp3) is 0.417. The summed E-state index contributed by atoms with van der Waals surface area (Å²) < 4.78 is 22.7. The van der Waals surface area contributed by atoms with Crippen molar-refractivity contribution in [1.82, 2.24) is 9.97 Å². The topological polar surface area (TPSA) is 74.8 Å². The summed E-state index contributed by atoms with van der Waals surface area (Å²) in [5, 5.41) is 4.28. The Morgan fingerprint density at radius 3 is 3.06 bits per heavy atom. The first kappa shape index (κ1) is 11.5. The zero-order chi connectivity index (χ0) is 12.6. The number of nitrogens with one attached hydrogen (secondary N) is 2. The number of sulfone groups is 1. The van der Waals surface area contributed by atoms with Crippen LogP contribution in [0.2, 0.25) is 0 Å². The van der Waals surface area contributed by atoms with E-state index < -0.39 is 9.84 Å². The zero-order valence-electron chi connectivity index (χ0n) is 9.89. The number of aromatic nitrogens is 2. The highest BCUT2D eigenvalue weighted by Gasteiger charge is 2.27. The van der Waals surface area contributed by atoms with Crippen molar-refractivity contribution < 1.29 is 8.42 Å². The molecule has 0 amide bonds. The minimum Gasteiger partial charge on any atom is -0.370 e. The van der Waals surface area contributed by atoms with Gasteiger partial charge in [0.2, 0.25) is 0 Å². The highest BCUT2D eigenvalue weighted by atomic mass is 32.2. The predicted molar refractivity (Wildman–Crippen MR) is 71.3 cm³/mol. The lowest BCUT2D eigenvalue weighted by atomic mass is 10.1. The van der Waals surface area contributed by atoms with Crippen LogP contribution in [0.5, 0.6) is 0 Å². The Hall–Kier alpha value is -1.56. The highest BCUT2D eigenvalue weighted by molar-refractivity contribution is 7.91. The van der Waals surface area contributed by atoms with E-state index in [1.54, 1.807) is 0 Å². The van der Waals surface area contributed by atoms with E-state index in [2.05, 4.69) is 15.3 Å². The second kappa shape index (κ2) is 4.28. The fourth-order valence-electron chi connectivity index (χ4n) is 2.31. The van der Waals surface area contributed by atoms with Gasteiger partial charge in [-0.25, -0.2) is 13.4 Å². The van der Waals surface area contributed by atoms with Gasteiger partial charge in [-0.1, -0.05) is 0 Å². The number of fused-ring (bicyclic) bond motifs is 1. The molecule has 0 aliphatic carbocycles. The van der Waals surface area contributed by atoms with Crippen LogP contribution in [0, 0.1) is 5.92 Å². The zero-order valence-corrected chi connectivity index (χ0v) is 10.7. The smallest absolute Gasteiger partial charge is 0.150 e. The molecule has 6 heteroatoms. The van der Waals surface area contributed by atoms with Crippen molar-refractivity contribution >= 4 is 26.7 Å². The monoisotopic (exact) mass is 265 g/mol. The maximum Gasteiger partial charge on any atom is 0.150 e. The molecule has 1 saturated heterocycles. The Balaban J connectivity index is 1.66. The lowest BCUT2D eigenvalue weighted by molar-refractivity contribution is 0.595. The van der Waals surface area contributed by atoms with Crippen molar-refractivity contribution in [2.75, 3.05) is 23.4 Å². The van der Waals surface area contributed by atoms with Gasteiger partial charge in [0.05, 0.1) is 11.5 Å². The van der Waals surface area contributed by atoms with E-state index in [1.807, 2.05) is 24.4 Å². The van der Waals surface area contributed by atoms with Crippen LogP contribution in [0.4, 0.5) is 5.82 Å². The quantitative estimate of drug-likeness (QED) is 0.880. The Morgan fingerprint density at radius 1 is 1.39 bits per heavy atom. The lowest BCUT2D eigenvalue weighted by Crippen LogP contribution is -2.16. The Morgan fingerprint density at radius 2 is 2.28 bits per heavy atom. The molecule has 0 saturated carbocycles. The summed E-state index contributed by atoms with van der Waals surface area (Å²) in [4.78, 5) is 7.47. The van der Waals surface area contributed by atoms with Crippen LogP contribution in [-0.2, 0) is 9.84 Å². The molecule has 5 nitrogen and oxygen atoms in total. The average molecular weight is 265 g/mol. The van der Waals surface area contributed by atoms with Gasteiger partial charge in [0.1, 0.15) is 11.5 Å². The van der Waals surface area contributed by atoms with Crippen molar-refractivity contribution in [3.05, 3.63) is 24.4 Å². The third-order valence-electron chi connectivity index (χ3n) is 3.31. The van der Waals surface area contributed by atoms with E-state index >= 15 is 0 Å². The molecule has 18 heavy (non-hydrogen) atoms. The average Bonchev–Trinajstić information content (AvgIpc) is 2.92. The summed E-state index contributed by atoms with van der Waals surface area (Å²) >= 11 is 0. The second-order valence-corrected chi connectivity index (χ2v) is 6.99. The first-order chi connectivity index (χ1) is 8.62. The van der Waals surface area contributed by atoms with Gasteiger partial charge in [0, 0.05) is 18.1 Å². The number of pyridine rings is 1. The normalized spacial score (nSPS) is 22.3. The van der Waals surface area contributed by atoms with Crippen LogP contribution in [0.25, 0.3) is 11.0 Å². The van der Waals surface area contributed by atoms with Crippen LogP contribution >= 0.6 is 0 Å². The molecule has 96 valence electrons. The van der Waals surface area contributed by atoms with E-state index in [4.69, 9.17) is 0 Å². The van der Waals surface area contributed by atoms with Crippen molar-refractivity contribution in [3.63, 3.8) is 0 Å². The number of rotatable bonds is 3. The minimum atomic E-state index is -2.79. The molecule has 1 atom stereocenters.